The summed E-state index contributed by atoms with van der Waals surface area (Å²) in [6.45, 7) is 2.86. The molecule has 29 heavy (non-hydrogen) atoms. The van der Waals surface area contributed by atoms with Crippen molar-refractivity contribution in [2.45, 2.75) is 25.2 Å². The van der Waals surface area contributed by atoms with E-state index in [-0.39, 0.29) is 24.0 Å². The van der Waals surface area contributed by atoms with Crippen molar-refractivity contribution in [1.82, 2.24) is 20.1 Å². The van der Waals surface area contributed by atoms with Gasteiger partial charge in [0.15, 0.2) is 16.8 Å². The molecule has 3 rings (SSSR count). The molecule has 3 aromatic rings. The molecule has 0 atom stereocenters. The van der Waals surface area contributed by atoms with Crippen molar-refractivity contribution in [3.8, 4) is 5.75 Å². The Balaban J connectivity index is 1.60. The lowest BCUT2D eigenvalue weighted by atomic mass is 10.2. The van der Waals surface area contributed by atoms with Crippen LogP contribution in [0, 0.1) is 0 Å². The highest BCUT2D eigenvalue weighted by molar-refractivity contribution is 7.99. The summed E-state index contributed by atoms with van der Waals surface area (Å²) in [5.41, 5.74) is 1.21. The van der Waals surface area contributed by atoms with Crippen molar-refractivity contribution < 1.29 is 14.3 Å². The molecule has 0 saturated heterocycles. The summed E-state index contributed by atoms with van der Waals surface area (Å²) in [7, 11) is 1.58. The van der Waals surface area contributed by atoms with E-state index in [1.807, 2.05) is 29.7 Å². The van der Waals surface area contributed by atoms with Crippen LogP contribution in [0.5, 0.6) is 5.75 Å². The molecule has 7 nitrogen and oxygen atoms in total. The van der Waals surface area contributed by atoms with Gasteiger partial charge in [-0.3, -0.25) is 9.59 Å². The van der Waals surface area contributed by atoms with Gasteiger partial charge < -0.3 is 14.6 Å². The number of Topliss-reactive ketones (excluding diaryl/α,β-unsaturated/α-hetero) is 1. The molecule has 0 saturated carbocycles. The number of amides is 1. The van der Waals surface area contributed by atoms with Gasteiger partial charge in [-0.05, 0) is 31.2 Å². The molecule has 0 aliphatic carbocycles. The number of benzene rings is 2. The van der Waals surface area contributed by atoms with Crippen LogP contribution in [0.25, 0.3) is 0 Å². The van der Waals surface area contributed by atoms with Crippen molar-refractivity contribution >= 4 is 23.5 Å². The lowest BCUT2D eigenvalue weighted by Crippen LogP contribution is -2.24. The van der Waals surface area contributed by atoms with Crippen LogP contribution < -0.4 is 10.1 Å². The van der Waals surface area contributed by atoms with E-state index in [1.54, 1.807) is 43.5 Å². The second-order valence-electron chi connectivity index (χ2n) is 6.13. The molecule has 0 spiro atoms. The number of rotatable bonds is 9. The molecule has 0 radical (unpaired) electrons. The Hall–Kier alpha value is -3.13. The van der Waals surface area contributed by atoms with Gasteiger partial charge in [-0.2, -0.15) is 0 Å². The first kappa shape index (κ1) is 20.6. The van der Waals surface area contributed by atoms with E-state index < -0.39 is 0 Å². The fourth-order valence-electron chi connectivity index (χ4n) is 2.72. The highest BCUT2D eigenvalue weighted by Crippen LogP contribution is 2.19. The quantitative estimate of drug-likeness (QED) is 0.431. The summed E-state index contributed by atoms with van der Waals surface area (Å²) in [4.78, 5) is 24.6. The molecule has 1 amide bonds. The zero-order chi connectivity index (χ0) is 20.6. The summed E-state index contributed by atoms with van der Waals surface area (Å²) < 4.78 is 7.00. The molecule has 150 valence electrons. The van der Waals surface area contributed by atoms with Gasteiger partial charge in [0.2, 0.25) is 0 Å². The Morgan fingerprint density at radius 1 is 1.03 bits per heavy atom. The lowest BCUT2D eigenvalue weighted by Gasteiger charge is -2.09. The largest absolute Gasteiger partial charge is 0.497 e. The summed E-state index contributed by atoms with van der Waals surface area (Å²) in [6, 6.07) is 16.0. The highest BCUT2D eigenvalue weighted by Gasteiger charge is 2.15. The van der Waals surface area contributed by atoms with Crippen LogP contribution in [0.4, 0.5) is 0 Å². The number of carbonyl (C=O) groups excluding carboxylic acids is 2. The molecular weight excluding hydrogens is 388 g/mol. The number of thioether (sulfide) groups is 1. The normalized spacial score (nSPS) is 10.6. The number of methoxy groups -OCH3 is 1. The summed E-state index contributed by atoms with van der Waals surface area (Å²) in [6.07, 6.45) is 0. The molecule has 2 aromatic carbocycles. The van der Waals surface area contributed by atoms with Gasteiger partial charge in [0, 0.05) is 17.7 Å². The van der Waals surface area contributed by atoms with Crippen LogP contribution >= 0.6 is 11.8 Å². The minimum atomic E-state index is -0.202. The first-order chi connectivity index (χ1) is 14.1. The Morgan fingerprint density at radius 2 is 1.76 bits per heavy atom. The second kappa shape index (κ2) is 9.88. The van der Waals surface area contributed by atoms with E-state index in [0.717, 1.165) is 0 Å². The average Bonchev–Trinajstić information content (AvgIpc) is 3.18. The number of ketones is 1. The maximum Gasteiger partial charge on any atom is 0.251 e. The van der Waals surface area contributed by atoms with Crippen molar-refractivity contribution in [2.75, 3.05) is 12.9 Å². The highest BCUT2D eigenvalue weighted by atomic mass is 32.2. The van der Waals surface area contributed by atoms with Crippen LogP contribution in [0.1, 0.15) is 33.5 Å². The predicted molar refractivity (Wildman–Crippen MR) is 111 cm³/mol. The Bertz CT molecular complexity index is 971. The van der Waals surface area contributed by atoms with E-state index in [0.29, 0.717) is 34.4 Å². The van der Waals surface area contributed by atoms with Crippen LogP contribution in [0.3, 0.4) is 0 Å². The number of carbonyl (C=O) groups is 2. The third-order valence-corrected chi connectivity index (χ3v) is 5.26. The first-order valence-corrected chi connectivity index (χ1v) is 10.2. The Morgan fingerprint density at radius 3 is 2.41 bits per heavy atom. The lowest BCUT2D eigenvalue weighted by molar-refractivity contribution is 0.0948. The maximum absolute atomic E-state index is 12.3. The zero-order valence-electron chi connectivity index (χ0n) is 16.3. The van der Waals surface area contributed by atoms with Crippen LogP contribution in [0.2, 0.25) is 0 Å². The number of hydrogen-bond acceptors (Lipinski definition) is 6. The molecule has 0 bridgehead atoms. The summed E-state index contributed by atoms with van der Waals surface area (Å²) in [5, 5.41) is 11.9. The fraction of sp³-hybridized carbons (Fsp3) is 0.238. The van der Waals surface area contributed by atoms with E-state index in [1.165, 1.54) is 11.8 Å². The van der Waals surface area contributed by atoms with E-state index in [2.05, 4.69) is 15.5 Å². The SMILES string of the molecule is CCn1c(CNC(=O)c2ccc(OC)cc2)nnc1SCC(=O)c1ccccc1. The molecule has 0 fully saturated rings. The van der Waals surface area contributed by atoms with Gasteiger partial charge in [-0.1, -0.05) is 42.1 Å². The van der Waals surface area contributed by atoms with Crippen LogP contribution in [-0.2, 0) is 13.1 Å². The van der Waals surface area contributed by atoms with Gasteiger partial charge in [0.1, 0.15) is 5.75 Å². The molecule has 0 aliphatic heterocycles. The fourth-order valence-corrected chi connectivity index (χ4v) is 3.63. The minimum absolute atomic E-state index is 0.0376. The molecule has 1 heterocycles. The van der Waals surface area contributed by atoms with Gasteiger partial charge in [-0.15, -0.1) is 10.2 Å². The van der Waals surface area contributed by atoms with E-state index in [4.69, 9.17) is 4.74 Å². The Kier molecular flexibility index (Phi) is 7.02. The summed E-state index contributed by atoms with van der Waals surface area (Å²) >= 11 is 1.34. The Labute approximate surface area is 173 Å². The number of ether oxygens (including phenoxy) is 1. The van der Waals surface area contributed by atoms with Gasteiger partial charge in [-0.25, -0.2) is 0 Å². The maximum atomic E-state index is 12.3. The standard InChI is InChI=1S/C21H22N4O3S/c1-3-25-19(13-22-20(27)16-9-11-17(28-2)12-10-16)23-24-21(25)29-14-18(26)15-7-5-4-6-8-15/h4-12H,3,13-14H2,1-2H3,(H,22,27). The molecule has 8 heteroatoms. The number of aromatic nitrogens is 3. The van der Waals surface area contributed by atoms with Gasteiger partial charge in [0.05, 0.1) is 19.4 Å². The van der Waals surface area contributed by atoms with Crippen molar-refractivity contribution in [3.63, 3.8) is 0 Å². The van der Waals surface area contributed by atoms with E-state index in [9.17, 15) is 9.59 Å². The van der Waals surface area contributed by atoms with Crippen molar-refractivity contribution in [2.24, 2.45) is 0 Å². The van der Waals surface area contributed by atoms with Crippen LogP contribution in [-0.4, -0.2) is 39.3 Å². The first-order valence-electron chi connectivity index (χ1n) is 9.17. The number of nitrogens with one attached hydrogen (secondary N) is 1. The van der Waals surface area contributed by atoms with Gasteiger partial charge >= 0.3 is 0 Å². The average molecular weight is 410 g/mol. The predicted octanol–water partition coefficient (Wildman–Crippen LogP) is 3.21. The molecule has 1 aromatic heterocycles. The van der Waals surface area contributed by atoms with Crippen LogP contribution in [0.15, 0.2) is 59.8 Å². The number of nitrogens with zero attached hydrogens (tertiary/aromatic N) is 3. The second-order valence-corrected chi connectivity index (χ2v) is 7.07. The van der Waals surface area contributed by atoms with Crippen molar-refractivity contribution in [1.29, 1.82) is 0 Å². The molecule has 0 aliphatic rings. The van der Waals surface area contributed by atoms with Gasteiger partial charge in [0.25, 0.3) is 5.91 Å². The molecule has 0 unspecified atom stereocenters. The third kappa shape index (κ3) is 5.23. The summed E-state index contributed by atoms with van der Waals surface area (Å²) in [5.74, 6) is 1.45. The topological polar surface area (TPSA) is 86.1 Å². The minimum Gasteiger partial charge on any atom is -0.497 e. The van der Waals surface area contributed by atoms with Crippen molar-refractivity contribution in [3.05, 3.63) is 71.5 Å². The smallest absolute Gasteiger partial charge is 0.251 e. The molecular formula is C21H22N4O3S. The zero-order valence-corrected chi connectivity index (χ0v) is 17.1. The third-order valence-electron chi connectivity index (χ3n) is 4.30. The van der Waals surface area contributed by atoms with E-state index >= 15 is 0 Å². The monoisotopic (exact) mass is 410 g/mol. The number of hydrogen-bond donors (Lipinski definition) is 1. The molecule has 1 N–H and O–H groups in total.